The molecule has 0 bridgehead atoms. The highest BCUT2D eigenvalue weighted by atomic mass is 16.2. The number of hydrogen-bond donors (Lipinski definition) is 2. The lowest BCUT2D eigenvalue weighted by Gasteiger charge is -2.20. The Morgan fingerprint density at radius 1 is 0.926 bits per heavy atom. The van der Waals surface area contributed by atoms with Crippen molar-refractivity contribution in [2.24, 2.45) is 0 Å². The Balaban J connectivity index is 1.73. The van der Waals surface area contributed by atoms with Gasteiger partial charge in [-0.3, -0.25) is 14.6 Å². The van der Waals surface area contributed by atoms with Crippen LogP contribution in [0.5, 0.6) is 0 Å². The van der Waals surface area contributed by atoms with Gasteiger partial charge in [-0.1, -0.05) is 60.7 Å². The van der Waals surface area contributed by atoms with Gasteiger partial charge in [-0.2, -0.15) is 0 Å². The van der Waals surface area contributed by atoms with Gasteiger partial charge in [-0.25, -0.2) is 0 Å². The van der Waals surface area contributed by atoms with E-state index in [1.807, 2.05) is 60.7 Å². The fraction of sp³-hybridized carbons (Fsp3) is 0.0455. The molecule has 0 aliphatic carbocycles. The van der Waals surface area contributed by atoms with E-state index >= 15 is 0 Å². The van der Waals surface area contributed by atoms with E-state index in [1.54, 1.807) is 12.3 Å². The van der Waals surface area contributed by atoms with Crippen molar-refractivity contribution in [3.8, 4) is 0 Å². The number of benzene rings is 2. The topological polar surface area (TPSA) is 74.8 Å². The van der Waals surface area contributed by atoms with Crippen LogP contribution >= 0.6 is 0 Å². The van der Waals surface area contributed by atoms with Crippen LogP contribution in [0.15, 0.2) is 90.1 Å². The standard InChI is InChI=1S/C22H17N3O2/c26-21-17-13-23-12-11-19(17)24-14-18(21)22(27)25-20(15-7-3-1-4-8-15)16-9-5-2-6-10-16/h1-14,20H,(H,24,26)(H,25,27). The van der Waals surface area contributed by atoms with Gasteiger partial charge >= 0.3 is 0 Å². The van der Waals surface area contributed by atoms with Crippen LogP contribution in [0.1, 0.15) is 27.5 Å². The van der Waals surface area contributed by atoms with Crippen molar-refractivity contribution >= 4 is 16.8 Å². The van der Waals surface area contributed by atoms with Gasteiger partial charge in [0.15, 0.2) is 0 Å². The Morgan fingerprint density at radius 2 is 1.56 bits per heavy atom. The van der Waals surface area contributed by atoms with Crippen LogP contribution < -0.4 is 10.7 Å². The second-order valence-electron chi connectivity index (χ2n) is 6.18. The van der Waals surface area contributed by atoms with Crippen molar-refractivity contribution in [3.05, 3.63) is 112 Å². The summed E-state index contributed by atoms with van der Waals surface area (Å²) in [4.78, 5) is 32.6. The van der Waals surface area contributed by atoms with Crippen LogP contribution in [-0.2, 0) is 0 Å². The summed E-state index contributed by atoms with van der Waals surface area (Å²) in [5.74, 6) is -0.431. The summed E-state index contributed by atoms with van der Waals surface area (Å²) in [6, 6.07) is 20.7. The molecule has 1 amide bonds. The van der Waals surface area contributed by atoms with E-state index in [-0.39, 0.29) is 17.0 Å². The number of aromatic nitrogens is 2. The molecule has 0 saturated carbocycles. The van der Waals surface area contributed by atoms with E-state index < -0.39 is 5.91 Å². The first-order chi connectivity index (χ1) is 13.2. The van der Waals surface area contributed by atoms with Crippen molar-refractivity contribution in [3.63, 3.8) is 0 Å². The van der Waals surface area contributed by atoms with E-state index in [2.05, 4.69) is 15.3 Å². The predicted octanol–water partition coefficient (Wildman–Crippen LogP) is 3.44. The van der Waals surface area contributed by atoms with Gasteiger partial charge in [-0.15, -0.1) is 0 Å². The van der Waals surface area contributed by atoms with Crippen LogP contribution in [0.25, 0.3) is 10.9 Å². The molecule has 2 aromatic carbocycles. The highest BCUT2D eigenvalue weighted by molar-refractivity contribution is 5.97. The summed E-state index contributed by atoms with van der Waals surface area (Å²) < 4.78 is 0. The molecule has 0 saturated heterocycles. The van der Waals surface area contributed by atoms with Crippen molar-refractivity contribution in [2.75, 3.05) is 0 Å². The van der Waals surface area contributed by atoms with Crippen LogP contribution in [0.3, 0.4) is 0 Å². The van der Waals surface area contributed by atoms with Gasteiger partial charge < -0.3 is 10.3 Å². The predicted molar refractivity (Wildman–Crippen MR) is 105 cm³/mol. The van der Waals surface area contributed by atoms with Crippen molar-refractivity contribution in [1.29, 1.82) is 0 Å². The first kappa shape index (κ1) is 16.7. The second-order valence-corrected chi connectivity index (χ2v) is 6.18. The Hall–Kier alpha value is -3.73. The summed E-state index contributed by atoms with van der Waals surface area (Å²) in [5, 5.41) is 3.38. The molecule has 0 atom stereocenters. The van der Waals surface area contributed by atoms with Gasteiger partial charge in [0.2, 0.25) is 5.43 Å². The number of pyridine rings is 2. The van der Waals surface area contributed by atoms with Crippen molar-refractivity contribution in [1.82, 2.24) is 15.3 Å². The van der Waals surface area contributed by atoms with Crippen molar-refractivity contribution < 1.29 is 4.79 Å². The lowest BCUT2D eigenvalue weighted by Crippen LogP contribution is -2.33. The van der Waals surface area contributed by atoms with Crippen LogP contribution in [0, 0.1) is 0 Å². The van der Waals surface area contributed by atoms with E-state index in [1.165, 1.54) is 12.4 Å². The molecule has 0 aliphatic heterocycles. The van der Waals surface area contributed by atoms with Gasteiger partial charge in [-0.05, 0) is 17.2 Å². The molecule has 0 fully saturated rings. The summed E-state index contributed by atoms with van der Waals surface area (Å²) in [6.45, 7) is 0. The third-order valence-corrected chi connectivity index (χ3v) is 4.47. The zero-order valence-corrected chi connectivity index (χ0v) is 14.4. The maximum atomic E-state index is 12.9. The summed E-state index contributed by atoms with van der Waals surface area (Å²) in [7, 11) is 0. The third-order valence-electron chi connectivity index (χ3n) is 4.47. The molecule has 0 spiro atoms. The minimum Gasteiger partial charge on any atom is -0.360 e. The zero-order chi connectivity index (χ0) is 18.6. The van der Waals surface area contributed by atoms with Crippen LogP contribution in [0.2, 0.25) is 0 Å². The fourth-order valence-corrected chi connectivity index (χ4v) is 3.09. The molecule has 0 unspecified atom stereocenters. The highest BCUT2D eigenvalue weighted by Gasteiger charge is 2.20. The average Bonchev–Trinajstić information content (AvgIpc) is 2.73. The normalized spacial score (nSPS) is 10.9. The molecule has 2 heterocycles. The maximum Gasteiger partial charge on any atom is 0.257 e. The SMILES string of the molecule is O=C(NC(c1ccccc1)c1ccccc1)c1c[nH]c2ccncc2c1=O. The molecule has 0 aliphatic rings. The molecule has 27 heavy (non-hydrogen) atoms. The Labute approximate surface area is 155 Å². The third kappa shape index (κ3) is 3.35. The minimum atomic E-state index is -0.431. The first-order valence-corrected chi connectivity index (χ1v) is 8.60. The van der Waals surface area contributed by atoms with Crippen molar-refractivity contribution in [2.45, 2.75) is 6.04 Å². The number of carbonyl (C=O) groups is 1. The number of amides is 1. The van der Waals surface area contributed by atoms with Gasteiger partial charge in [0.05, 0.1) is 16.9 Å². The number of fused-ring (bicyclic) bond motifs is 1. The average molecular weight is 355 g/mol. The molecule has 5 heteroatoms. The first-order valence-electron chi connectivity index (χ1n) is 8.60. The highest BCUT2D eigenvalue weighted by Crippen LogP contribution is 2.22. The fourth-order valence-electron chi connectivity index (χ4n) is 3.09. The molecule has 4 rings (SSSR count). The minimum absolute atomic E-state index is 0.0624. The monoisotopic (exact) mass is 355 g/mol. The van der Waals surface area contributed by atoms with Crippen LogP contribution in [-0.4, -0.2) is 15.9 Å². The Bertz CT molecular complexity index is 1100. The number of aromatic amines is 1. The Kier molecular flexibility index (Phi) is 4.49. The molecular formula is C22H17N3O2. The molecule has 132 valence electrons. The van der Waals surface area contributed by atoms with Crippen LogP contribution in [0.4, 0.5) is 0 Å². The Morgan fingerprint density at radius 3 is 2.19 bits per heavy atom. The summed E-state index contributed by atoms with van der Waals surface area (Å²) in [6.07, 6.45) is 4.52. The molecule has 5 nitrogen and oxygen atoms in total. The number of hydrogen-bond acceptors (Lipinski definition) is 3. The number of carbonyl (C=O) groups excluding carboxylic acids is 1. The number of H-pyrrole nitrogens is 1. The van der Waals surface area contributed by atoms with Gasteiger partial charge in [0.1, 0.15) is 5.56 Å². The molecular weight excluding hydrogens is 338 g/mol. The number of nitrogens with one attached hydrogen (secondary N) is 2. The smallest absolute Gasteiger partial charge is 0.257 e. The van der Waals surface area contributed by atoms with E-state index in [0.29, 0.717) is 10.9 Å². The largest absolute Gasteiger partial charge is 0.360 e. The maximum absolute atomic E-state index is 12.9. The number of rotatable bonds is 4. The second kappa shape index (κ2) is 7.25. The van der Waals surface area contributed by atoms with E-state index in [9.17, 15) is 9.59 Å². The lowest BCUT2D eigenvalue weighted by atomic mass is 9.98. The molecule has 0 radical (unpaired) electrons. The molecule has 4 aromatic rings. The zero-order valence-electron chi connectivity index (χ0n) is 14.4. The van der Waals surface area contributed by atoms with Gasteiger partial charge in [0.25, 0.3) is 5.91 Å². The molecule has 2 N–H and O–H groups in total. The molecule has 2 aromatic heterocycles. The lowest BCUT2D eigenvalue weighted by molar-refractivity contribution is 0.0941. The van der Waals surface area contributed by atoms with Gasteiger partial charge in [0, 0.05) is 18.6 Å². The number of nitrogens with zero attached hydrogens (tertiary/aromatic N) is 1. The van der Waals surface area contributed by atoms with E-state index in [4.69, 9.17) is 0 Å². The summed E-state index contributed by atoms with van der Waals surface area (Å²) in [5.41, 5.74) is 2.25. The summed E-state index contributed by atoms with van der Waals surface area (Å²) >= 11 is 0. The van der Waals surface area contributed by atoms with E-state index in [0.717, 1.165) is 11.1 Å². The quantitative estimate of drug-likeness (QED) is 0.589.